The molecule has 0 spiro atoms. The normalized spacial score (nSPS) is 16.4. The Morgan fingerprint density at radius 3 is 3.00 bits per heavy atom. The van der Waals surface area contributed by atoms with Crippen LogP contribution in [-0.2, 0) is 17.8 Å². The van der Waals surface area contributed by atoms with Crippen LogP contribution in [0.4, 0.5) is 5.69 Å². The lowest BCUT2D eigenvalue weighted by Crippen LogP contribution is -2.49. The molecule has 7 heteroatoms. The molecule has 128 valence electrons. The lowest BCUT2D eigenvalue weighted by Gasteiger charge is -2.35. The Morgan fingerprint density at radius 2 is 2.25 bits per heavy atom. The van der Waals surface area contributed by atoms with Crippen LogP contribution in [0, 0.1) is 0 Å². The molecule has 3 rings (SSSR count). The SMILES string of the molecule is CCCNC(=O)[C@@H]1CN(Cc2nc(CC)n[nH]2)c2ccccc2O1. The van der Waals surface area contributed by atoms with Crippen molar-refractivity contribution in [2.24, 2.45) is 0 Å². The van der Waals surface area contributed by atoms with Crippen LogP contribution in [0.2, 0.25) is 0 Å². The highest BCUT2D eigenvalue weighted by molar-refractivity contribution is 5.83. The Hall–Kier alpha value is -2.57. The largest absolute Gasteiger partial charge is 0.477 e. The minimum absolute atomic E-state index is 0.0804. The van der Waals surface area contributed by atoms with Crippen LogP contribution in [0.3, 0.4) is 0 Å². The third kappa shape index (κ3) is 3.50. The van der Waals surface area contributed by atoms with Gasteiger partial charge in [-0.2, -0.15) is 5.10 Å². The van der Waals surface area contributed by atoms with Crippen molar-refractivity contribution >= 4 is 11.6 Å². The summed E-state index contributed by atoms with van der Waals surface area (Å²) in [5.41, 5.74) is 0.964. The highest BCUT2D eigenvalue weighted by Gasteiger charge is 2.30. The van der Waals surface area contributed by atoms with Crippen LogP contribution in [0.1, 0.15) is 31.9 Å². The number of rotatable bonds is 6. The van der Waals surface area contributed by atoms with Crippen LogP contribution < -0.4 is 15.0 Å². The number of aromatic nitrogens is 3. The van der Waals surface area contributed by atoms with E-state index >= 15 is 0 Å². The second kappa shape index (κ2) is 7.33. The summed E-state index contributed by atoms with van der Waals surface area (Å²) in [7, 11) is 0. The molecule has 0 saturated heterocycles. The lowest BCUT2D eigenvalue weighted by atomic mass is 10.1. The van der Waals surface area contributed by atoms with E-state index < -0.39 is 6.10 Å². The van der Waals surface area contributed by atoms with Gasteiger partial charge in [0.1, 0.15) is 11.6 Å². The van der Waals surface area contributed by atoms with Gasteiger partial charge in [-0.05, 0) is 18.6 Å². The molecule has 1 aromatic heterocycles. The predicted molar refractivity (Wildman–Crippen MR) is 91.0 cm³/mol. The van der Waals surface area contributed by atoms with Gasteiger partial charge in [0, 0.05) is 13.0 Å². The zero-order valence-electron chi connectivity index (χ0n) is 14.1. The van der Waals surface area contributed by atoms with Gasteiger partial charge in [0.05, 0.1) is 18.8 Å². The van der Waals surface area contributed by atoms with Crippen molar-refractivity contribution in [1.82, 2.24) is 20.5 Å². The van der Waals surface area contributed by atoms with Crippen LogP contribution in [0.15, 0.2) is 24.3 Å². The van der Waals surface area contributed by atoms with E-state index in [0.29, 0.717) is 19.6 Å². The third-order valence-corrected chi connectivity index (χ3v) is 3.94. The van der Waals surface area contributed by atoms with Gasteiger partial charge in [0.2, 0.25) is 0 Å². The summed E-state index contributed by atoms with van der Waals surface area (Å²) in [5.74, 6) is 2.22. The first-order valence-electron chi connectivity index (χ1n) is 8.39. The summed E-state index contributed by atoms with van der Waals surface area (Å²) < 4.78 is 5.89. The number of nitrogens with zero attached hydrogens (tertiary/aromatic N) is 3. The zero-order chi connectivity index (χ0) is 16.9. The molecule has 0 bridgehead atoms. The van der Waals surface area contributed by atoms with Crippen molar-refractivity contribution in [3.8, 4) is 5.75 Å². The van der Waals surface area contributed by atoms with Crippen LogP contribution in [0.5, 0.6) is 5.75 Å². The number of aryl methyl sites for hydroxylation is 1. The molecule has 0 radical (unpaired) electrons. The number of hydrogen-bond donors (Lipinski definition) is 2. The van der Waals surface area contributed by atoms with E-state index in [1.807, 2.05) is 38.1 Å². The molecule has 1 atom stereocenters. The van der Waals surface area contributed by atoms with Crippen molar-refractivity contribution < 1.29 is 9.53 Å². The Balaban J connectivity index is 1.79. The summed E-state index contributed by atoms with van der Waals surface area (Å²) in [6, 6.07) is 7.75. The molecule has 0 aliphatic carbocycles. The number of benzene rings is 1. The van der Waals surface area contributed by atoms with E-state index in [2.05, 4.69) is 25.4 Å². The molecular formula is C17H23N5O2. The monoisotopic (exact) mass is 329 g/mol. The van der Waals surface area contributed by atoms with Crippen molar-refractivity contribution in [2.75, 3.05) is 18.0 Å². The maximum Gasteiger partial charge on any atom is 0.262 e. The molecule has 0 fully saturated rings. The number of aromatic amines is 1. The second-order valence-corrected chi connectivity index (χ2v) is 5.80. The Kier molecular flexibility index (Phi) is 4.98. The first-order valence-corrected chi connectivity index (χ1v) is 8.39. The second-order valence-electron chi connectivity index (χ2n) is 5.80. The molecule has 0 unspecified atom stereocenters. The number of ether oxygens (including phenoxy) is 1. The topological polar surface area (TPSA) is 83.1 Å². The first-order chi connectivity index (χ1) is 11.7. The maximum atomic E-state index is 12.3. The summed E-state index contributed by atoms with van der Waals surface area (Å²) in [5, 5.41) is 10.1. The minimum Gasteiger partial charge on any atom is -0.477 e. The van der Waals surface area contributed by atoms with Gasteiger partial charge in [0.15, 0.2) is 11.9 Å². The standard InChI is InChI=1S/C17H23N5O2/c1-3-9-18-17(23)14-10-22(11-16-19-15(4-2)20-21-16)12-7-5-6-8-13(12)24-14/h5-8,14H,3-4,9-11H2,1-2H3,(H,18,23)(H,19,20,21)/t14-/m0/s1. The van der Waals surface area contributed by atoms with E-state index in [0.717, 1.165) is 35.9 Å². The van der Waals surface area contributed by atoms with E-state index in [1.54, 1.807) is 0 Å². The summed E-state index contributed by atoms with van der Waals surface area (Å²) >= 11 is 0. The fourth-order valence-corrected chi connectivity index (χ4v) is 2.70. The van der Waals surface area contributed by atoms with Gasteiger partial charge in [-0.3, -0.25) is 9.89 Å². The highest BCUT2D eigenvalue weighted by Crippen LogP contribution is 2.33. The smallest absolute Gasteiger partial charge is 0.262 e. The number of hydrogen-bond acceptors (Lipinski definition) is 5. The molecule has 1 amide bonds. The first kappa shape index (κ1) is 16.3. The molecular weight excluding hydrogens is 306 g/mol. The average molecular weight is 329 g/mol. The van der Waals surface area contributed by atoms with Crippen molar-refractivity contribution in [1.29, 1.82) is 0 Å². The Bertz CT molecular complexity index is 700. The van der Waals surface area contributed by atoms with Gasteiger partial charge in [0.25, 0.3) is 5.91 Å². The molecule has 2 heterocycles. The zero-order valence-corrected chi connectivity index (χ0v) is 14.1. The minimum atomic E-state index is -0.528. The van der Waals surface area contributed by atoms with Crippen molar-refractivity contribution in [2.45, 2.75) is 39.3 Å². The van der Waals surface area contributed by atoms with Gasteiger partial charge in [-0.25, -0.2) is 4.98 Å². The van der Waals surface area contributed by atoms with E-state index in [-0.39, 0.29) is 5.91 Å². The Labute approximate surface area is 141 Å². The number of amides is 1. The number of carbonyl (C=O) groups excluding carboxylic acids is 1. The number of nitrogens with one attached hydrogen (secondary N) is 2. The van der Waals surface area contributed by atoms with Gasteiger partial charge >= 0.3 is 0 Å². The third-order valence-electron chi connectivity index (χ3n) is 3.94. The number of H-pyrrole nitrogens is 1. The molecule has 7 nitrogen and oxygen atoms in total. The van der Waals surface area contributed by atoms with Crippen molar-refractivity contribution in [3.63, 3.8) is 0 Å². The lowest BCUT2D eigenvalue weighted by molar-refractivity contribution is -0.127. The van der Waals surface area contributed by atoms with Crippen LogP contribution >= 0.6 is 0 Å². The van der Waals surface area contributed by atoms with Crippen LogP contribution in [-0.4, -0.2) is 40.3 Å². The van der Waals surface area contributed by atoms with Crippen LogP contribution in [0.25, 0.3) is 0 Å². The fourth-order valence-electron chi connectivity index (χ4n) is 2.70. The molecule has 1 aromatic carbocycles. The molecule has 24 heavy (non-hydrogen) atoms. The van der Waals surface area contributed by atoms with Gasteiger partial charge < -0.3 is 15.0 Å². The highest BCUT2D eigenvalue weighted by atomic mass is 16.5. The maximum absolute atomic E-state index is 12.3. The summed E-state index contributed by atoms with van der Waals surface area (Å²) in [4.78, 5) is 18.9. The quantitative estimate of drug-likeness (QED) is 0.842. The molecule has 0 saturated carbocycles. The van der Waals surface area contributed by atoms with E-state index in [9.17, 15) is 4.79 Å². The van der Waals surface area contributed by atoms with Gasteiger partial charge in [-0.1, -0.05) is 26.0 Å². The Morgan fingerprint density at radius 1 is 1.42 bits per heavy atom. The number of para-hydroxylation sites is 2. The number of carbonyl (C=O) groups is 1. The summed E-state index contributed by atoms with van der Waals surface area (Å²) in [6.07, 6.45) is 1.16. The molecule has 1 aliphatic rings. The molecule has 2 aromatic rings. The van der Waals surface area contributed by atoms with Crippen molar-refractivity contribution in [3.05, 3.63) is 35.9 Å². The van der Waals surface area contributed by atoms with E-state index in [4.69, 9.17) is 4.74 Å². The average Bonchev–Trinajstić information content (AvgIpc) is 3.07. The molecule has 2 N–H and O–H groups in total. The van der Waals surface area contributed by atoms with E-state index in [1.165, 1.54) is 0 Å². The fraction of sp³-hybridized carbons (Fsp3) is 0.471. The number of fused-ring (bicyclic) bond motifs is 1. The number of anilines is 1. The van der Waals surface area contributed by atoms with Gasteiger partial charge in [-0.15, -0.1) is 0 Å². The predicted octanol–water partition coefficient (Wildman–Crippen LogP) is 1.66. The summed E-state index contributed by atoms with van der Waals surface area (Å²) in [6.45, 7) is 5.74. The molecule has 1 aliphatic heterocycles.